The van der Waals surface area contributed by atoms with Crippen LogP contribution in [-0.4, -0.2) is 12.4 Å². The van der Waals surface area contributed by atoms with Crippen LogP contribution >= 0.6 is 0 Å². The molecule has 0 spiro atoms. The van der Waals surface area contributed by atoms with Gasteiger partial charge < -0.3 is 24.8 Å². The van der Waals surface area contributed by atoms with Crippen molar-refractivity contribution < 1.29 is 14.2 Å². The second-order valence-electron chi connectivity index (χ2n) is 10.3. The first-order chi connectivity index (χ1) is 22.1. The predicted molar refractivity (Wildman–Crippen MR) is 183 cm³/mol. The topological polar surface area (TPSA) is 64.1 Å². The summed E-state index contributed by atoms with van der Waals surface area (Å²) in [5.41, 5.74) is 3.81. The number of benzene rings is 6. The highest BCUT2D eigenvalue weighted by molar-refractivity contribution is 5.76. The van der Waals surface area contributed by atoms with Crippen LogP contribution in [0.2, 0.25) is 0 Å². The van der Waals surface area contributed by atoms with Gasteiger partial charge in [0.2, 0.25) is 0 Å². The zero-order valence-electron chi connectivity index (χ0n) is 24.8. The van der Waals surface area contributed by atoms with Crippen LogP contribution in [0.4, 0.5) is 17.1 Å². The van der Waals surface area contributed by atoms with E-state index in [2.05, 4.69) is 17.6 Å². The lowest BCUT2D eigenvalue weighted by Crippen LogP contribution is -2.30. The van der Waals surface area contributed by atoms with Crippen LogP contribution in [0, 0.1) is 6.92 Å². The van der Waals surface area contributed by atoms with Gasteiger partial charge in [-0.1, -0.05) is 54.1 Å². The number of hydrogen-bond acceptors (Lipinski definition) is 6. The number of aryl methyl sites for hydroxylation is 1. The molecule has 222 valence electrons. The van der Waals surface area contributed by atoms with Gasteiger partial charge in [0.15, 0.2) is 0 Å². The van der Waals surface area contributed by atoms with Crippen LogP contribution < -0.4 is 24.8 Å². The Balaban J connectivity index is 1.15. The fourth-order valence-corrected chi connectivity index (χ4v) is 4.46. The summed E-state index contributed by atoms with van der Waals surface area (Å²) in [4.78, 5) is 4.75. The largest absolute Gasteiger partial charge is 0.457 e. The Bertz CT molecular complexity index is 1790. The molecule has 2 N–H and O–H groups in total. The van der Waals surface area contributed by atoms with E-state index in [1.54, 1.807) is 0 Å². The van der Waals surface area contributed by atoms with E-state index in [1.807, 2.05) is 164 Å². The van der Waals surface area contributed by atoms with Crippen molar-refractivity contribution in [2.75, 3.05) is 10.6 Å². The molecule has 0 radical (unpaired) electrons. The maximum atomic E-state index is 6.00. The van der Waals surface area contributed by atoms with Crippen molar-refractivity contribution in [3.63, 3.8) is 0 Å². The summed E-state index contributed by atoms with van der Waals surface area (Å²) in [5.74, 6) is 4.64. The summed E-state index contributed by atoms with van der Waals surface area (Å²) in [6.07, 6.45) is 1.52. The summed E-state index contributed by atoms with van der Waals surface area (Å²) in [7, 11) is 0. The van der Waals surface area contributed by atoms with Gasteiger partial charge in [-0.3, -0.25) is 4.99 Å². The maximum Gasteiger partial charge on any atom is 0.133 e. The summed E-state index contributed by atoms with van der Waals surface area (Å²) >= 11 is 0. The van der Waals surface area contributed by atoms with E-state index < -0.39 is 0 Å². The normalized spacial score (nSPS) is 11.5. The first-order valence-corrected chi connectivity index (χ1v) is 14.7. The number of aliphatic imine (C=N–C) groups is 1. The van der Waals surface area contributed by atoms with Crippen LogP contribution in [0.5, 0.6) is 34.5 Å². The van der Waals surface area contributed by atoms with Crippen molar-refractivity contribution in [3.8, 4) is 34.5 Å². The van der Waals surface area contributed by atoms with Crippen molar-refractivity contribution >= 4 is 23.3 Å². The van der Waals surface area contributed by atoms with Gasteiger partial charge in [-0.15, -0.1) is 0 Å². The highest BCUT2D eigenvalue weighted by Gasteiger charge is 2.08. The predicted octanol–water partition coefficient (Wildman–Crippen LogP) is 10.6. The Morgan fingerprint density at radius 1 is 0.444 bits per heavy atom. The summed E-state index contributed by atoms with van der Waals surface area (Å²) in [6.45, 7) is 2.06. The van der Waals surface area contributed by atoms with Gasteiger partial charge in [-0.05, 0) is 116 Å². The summed E-state index contributed by atoms with van der Waals surface area (Å²) in [5, 5.41) is 7.04. The van der Waals surface area contributed by atoms with Gasteiger partial charge in [-0.2, -0.15) is 0 Å². The lowest BCUT2D eigenvalue weighted by molar-refractivity contribution is 0.482. The molecule has 6 aromatic rings. The number of nitrogens with zero attached hydrogens (tertiary/aromatic N) is 1. The Morgan fingerprint density at radius 2 is 0.800 bits per heavy atom. The van der Waals surface area contributed by atoms with Crippen LogP contribution in [-0.2, 0) is 0 Å². The molecule has 0 aliphatic heterocycles. The molecule has 6 rings (SSSR count). The van der Waals surface area contributed by atoms with Gasteiger partial charge in [0.05, 0.1) is 5.69 Å². The average molecular weight is 592 g/mol. The first-order valence-electron chi connectivity index (χ1n) is 14.7. The highest BCUT2D eigenvalue weighted by Crippen LogP contribution is 2.26. The van der Waals surface area contributed by atoms with E-state index in [0.717, 1.165) is 51.6 Å². The molecule has 0 aliphatic rings. The summed E-state index contributed by atoms with van der Waals surface area (Å²) < 4.78 is 17.9. The minimum Gasteiger partial charge on any atom is -0.457 e. The van der Waals surface area contributed by atoms with Gasteiger partial charge in [0.25, 0.3) is 0 Å². The van der Waals surface area contributed by atoms with Crippen molar-refractivity contribution in [1.29, 1.82) is 0 Å². The molecule has 0 aromatic heterocycles. The van der Waals surface area contributed by atoms with Gasteiger partial charge in [0, 0.05) is 17.6 Å². The van der Waals surface area contributed by atoms with E-state index in [9.17, 15) is 0 Å². The van der Waals surface area contributed by atoms with Crippen molar-refractivity contribution in [2.45, 2.75) is 13.1 Å². The molecule has 1 atom stereocenters. The molecule has 6 nitrogen and oxygen atoms in total. The molecule has 0 saturated carbocycles. The molecular formula is C39H33N3O3. The fraction of sp³-hybridized carbons (Fsp3) is 0.0513. The first kappa shape index (κ1) is 29.1. The number of rotatable bonds is 12. The Kier molecular flexibility index (Phi) is 9.33. The van der Waals surface area contributed by atoms with Gasteiger partial charge in [0.1, 0.15) is 40.7 Å². The van der Waals surface area contributed by atoms with E-state index in [1.165, 1.54) is 5.56 Å². The smallest absolute Gasteiger partial charge is 0.133 e. The molecule has 0 bridgehead atoms. The lowest BCUT2D eigenvalue weighted by atomic mass is 10.2. The molecule has 0 saturated heterocycles. The zero-order valence-corrected chi connectivity index (χ0v) is 24.8. The Labute approximate surface area is 263 Å². The van der Waals surface area contributed by atoms with Crippen molar-refractivity contribution in [2.24, 2.45) is 4.99 Å². The molecule has 0 fully saturated rings. The van der Waals surface area contributed by atoms with E-state index in [4.69, 9.17) is 19.2 Å². The number of nitrogens with one attached hydrogen (secondary N) is 2. The summed E-state index contributed by atoms with van der Waals surface area (Å²) in [6, 6.07) is 50.8. The average Bonchev–Trinajstić information content (AvgIpc) is 3.08. The molecule has 1 unspecified atom stereocenters. The number of ether oxygens (including phenoxy) is 3. The minimum atomic E-state index is -0.324. The van der Waals surface area contributed by atoms with Gasteiger partial charge >= 0.3 is 0 Å². The quantitative estimate of drug-likeness (QED) is 0.109. The molecule has 45 heavy (non-hydrogen) atoms. The van der Waals surface area contributed by atoms with Crippen molar-refractivity contribution in [3.05, 3.63) is 163 Å². The standard InChI is InChI=1S/C39H33N3O3/c1-29-12-20-35(21-13-29)45-38-26-18-32(19-27-38)42-39(41-31-16-24-37(25-17-31)44-34-10-6-3-7-11-34)28-40-30-14-22-36(23-15-30)43-33-8-4-2-5-9-33/h2-28,39,41-42H,1H3. The third kappa shape index (κ3) is 8.75. The molecule has 0 amide bonds. The Morgan fingerprint density at radius 3 is 1.22 bits per heavy atom. The van der Waals surface area contributed by atoms with E-state index in [-0.39, 0.29) is 6.17 Å². The highest BCUT2D eigenvalue weighted by atomic mass is 16.5. The van der Waals surface area contributed by atoms with Crippen LogP contribution in [0.3, 0.4) is 0 Å². The van der Waals surface area contributed by atoms with E-state index >= 15 is 0 Å². The lowest BCUT2D eigenvalue weighted by Gasteiger charge is -2.19. The Hall–Kier alpha value is -6.01. The van der Waals surface area contributed by atoms with Crippen LogP contribution in [0.1, 0.15) is 5.56 Å². The molecule has 6 heteroatoms. The zero-order chi connectivity index (χ0) is 30.7. The maximum absolute atomic E-state index is 6.00. The van der Waals surface area contributed by atoms with E-state index in [0.29, 0.717) is 0 Å². The van der Waals surface area contributed by atoms with Crippen LogP contribution in [0.25, 0.3) is 0 Å². The molecule has 0 heterocycles. The number of hydrogen-bond donors (Lipinski definition) is 2. The van der Waals surface area contributed by atoms with Gasteiger partial charge in [-0.25, -0.2) is 0 Å². The third-order valence-electron chi connectivity index (χ3n) is 6.78. The molecule has 0 aliphatic carbocycles. The second-order valence-corrected chi connectivity index (χ2v) is 10.3. The van der Waals surface area contributed by atoms with Crippen LogP contribution in [0.15, 0.2) is 163 Å². The van der Waals surface area contributed by atoms with Crippen molar-refractivity contribution in [1.82, 2.24) is 0 Å². The number of para-hydroxylation sites is 2. The second kappa shape index (κ2) is 14.4. The molecular weight excluding hydrogens is 558 g/mol. The number of anilines is 2. The molecule has 6 aromatic carbocycles. The monoisotopic (exact) mass is 591 g/mol. The fourth-order valence-electron chi connectivity index (χ4n) is 4.46. The third-order valence-corrected chi connectivity index (χ3v) is 6.78. The minimum absolute atomic E-state index is 0.324. The SMILES string of the molecule is Cc1ccc(Oc2ccc(NC(C=Nc3ccc(Oc4ccccc4)cc3)Nc3ccc(Oc4ccccc4)cc3)cc2)cc1.